The third kappa shape index (κ3) is 7.26. The molecule has 11 nitrogen and oxygen atoms in total. The van der Waals surface area contributed by atoms with Gasteiger partial charge in [0.15, 0.2) is 17.5 Å². The maximum absolute atomic E-state index is 12.9. The van der Waals surface area contributed by atoms with Gasteiger partial charge < -0.3 is 18.3 Å². The summed E-state index contributed by atoms with van der Waals surface area (Å²) in [5.41, 5.74) is 19.2. The number of pyridine rings is 3. The quantitative estimate of drug-likeness (QED) is 0.149. The van der Waals surface area contributed by atoms with Crippen LogP contribution in [0.1, 0.15) is 16.7 Å². The molecule has 0 aliphatic rings. The van der Waals surface area contributed by atoms with Crippen molar-refractivity contribution < 1.29 is 0 Å². The number of benzene rings is 9. The molecule has 0 atom stereocenters. The Morgan fingerprint density at radius 3 is 1.15 bits per heavy atom. The summed E-state index contributed by atoms with van der Waals surface area (Å²) in [5, 5.41) is 18.1. The Hall–Kier alpha value is -11.9. The molecule has 0 amide bonds. The van der Waals surface area contributed by atoms with Crippen LogP contribution in [-0.4, -0.2) is 48.2 Å². The van der Waals surface area contributed by atoms with Crippen LogP contribution < -0.4 is 0 Å². The second-order valence-electron chi connectivity index (χ2n) is 21.9. The molecular formula is C75H47N11. The van der Waals surface area contributed by atoms with E-state index in [2.05, 4.69) is 178 Å². The third-order valence-electron chi connectivity index (χ3n) is 16.9. The molecule has 17 aromatic rings. The molecule has 0 bridgehead atoms. The van der Waals surface area contributed by atoms with Crippen molar-refractivity contribution in [2.45, 2.75) is 13.8 Å². The van der Waals surface area contributed by atoms with Crippen molar-refractivity contribution >= 4 is 87.6 Å². The summed E-state index contributed by atoms with van der Waals surface area (Å²) in [6.07, 6.45) is 5.53. The van der Waals surface area contributed by atoms with E-state index in [9.17, 15) is 5.26 Å². The van der Waals surface area contributed by atoms with Gasteiger partial charge in [0, 0.05) is 67.9 Å². The lowest BCUT2D eigenvalue weighted by atomic mass is 9.90. The minimum Gasteiger partial charge on any atom is -0.309 e. The van der Waals surface area contributed by atoms with E-state index in [4.69, 9.17) is 29.9 Å². The first-order valence-corrected chi connectivity index (χ1v) is 28.7. The van der Waals surface area contributed by atoms with Crippen LogP contribution in [0.3, 0.4) is 0 Å². The number of hydrogen-bond donors (Lipinski definition) is 0. The van der Waals surface area contributed by atoms with E-state index in [1.54, 1.807) is 0 Å². The lowest BCUT2D eigenvalue weighted by Gasteiger charge is -2.28. The topological polar surface area (TPSA) is 121 Å². The first kappa shape index (κ1) is 48.8. The van der Waals surface area contributed by atoms with Gasteiger partial charge in [-0.1, -0.05) is 151 Å². The van der Waals surface area contributed by atoms with Crippen LogP contribution in [0.15, 0.2) is 249 Å². The van der Waals surface area contributed by atoms with Gasteiger partial charge in [-0.25, -0.2) is 15.0 Å². The predicted octanol–water partition coefficient (Wildman–Crippen LogP) is 17.6. The second-order valence-corrected chi connectivity index (χ2v) is 21.9. The zero-order valence-electron chi connectivity index (χ0n) is 46.6. The molecule has 0 saturated heterocycles. The highest BCUT2D eigenvalue weighted by Gasteiger charge is 2.36. The fourth-order valence-electron chi connectivity index (χ4n) is 13.3. The van der Waals surface area contributed by atoms with E-state index in [-0.39, 0.29) is 0 Å². The summed E-state index contributed by atoms with van der Waals surface area (Å²) in [6.45, 7) is 4.30. The van der Waals surface area contributed by atoms with E-state index in [0.717, 1.165) is 99.2 Å². The predicted molar refractivity (Wildman–Crippen MR) is 347 cm³/mol. The number of nitrogens with zero attached hydrogens (tertiary/aromatic N) is 11. The second kappa shape index (κ2) is 19.1. The fraction of sp³-hybridized carbons (Fsp3) is 0.0267. The van der Waals surface area contributed by atoms with Gasteiger partial charge in [-0.15, -0.1) is 0 Å². The maximum atomic E-state index is 12.9. The van der Waals surface area contributed by atoms with Crippen LogP contribution in [0.4, 0.5) is 0 Å². The zero-order valence-corrected chi connectivity index (χ0v) is 46.6. The average molecular weight is 1100 g/mol. The summed E-state index contributed by atoms with van der Waals surface area (Å²) >= 11 is 0. The van der Waals surface area contributed by atoms with Crippen LogP contribution in [0.25, 0.3) is 156 Å². The molecule has 0 saturated carbocycles. The first-order valence-electron chi connectivity index (χ1n) is 28.7. The molecule has 402 valence electrons. The number of aryl methyl sites for hydroxylation is 2. The largest absolute Gasteiger partial charge is 0.309 e. The molecule has 0 unspecified atom stereocenters. The van der Waals surface area contributed by atoms with Gasteiger partial charge in [-0.3, -0.25) is 15.0 Å². The molecule has 8 aromatic heterocycles. The van der Waals surface area contributed by atoms with Crippen LogP contribution in [0.2, 0.25) is 0 Å². The molecule has 0 aliphatic carbocycles. The summed E-state index contributed by atoms with van der Waals surface area (Å²) in [4.78, 5) is 32.0. The minimum atomic E-state index is 0.350. The average Bonchev–Trinajstić information content (AvgIpc) is 1.39. The fourth-order valence-corrected chi connectivity index (χ4v) is 13.3. The maximum Gasteiger partial charge on any atom is 0.168 e. The smallest absolute Gasteiger partial charge is 0.168 e. The Bertz CT molecular complexity index is 5410. The van der Waals surface area contributed by atoms with Crippen molar-refractivity contribution in [3.05, 3.63) is 266 Å². The number of rotatable bonds is 8. The van der Waals surface area contributed by atoms with Crippen LogP contribution >= 0.6 is 0 Å². The summed E-state index contributed by atoms with van der Waals surface area (Å²) in [6, 6.07) is 82.6. The Kier molecular flexibility index (Phi) is 10.8. The molecule has 0 radical (unpaired) electrons. The standard InChI is InChI=1S/C75H47N11/c1-45-31-37-60-54(42-45)55-43-46(2)32-38-61(55)83(60)50-35-33-47(34-36-50)65-56(44-76)70(84-57-25-12-9-22-51(57)67-62(84)28-15-39-77-67)66(75-81-73(48-18-5-3-6-19-48)80-74(82-75)49-20-7-4-8-21-49)72(86-59-27-14-11-24-53(59)69-64(86)30-17-41-79-69)71(65)85-58-26-13-10-23-52(58)68-63(85)29-16-40-78-68/h3-43H,1-2H3. The molecule has 11 heteroatoms. The highest BCUT2D eigenvalue weighted by molar-refractivity contribution is 6.15. The molecule has 0 aliphatic heterocycles. The van der Waals surface area contributed by atoms with Crippen molar-refractivity contribution in [3.63, 3.8) is 0 Å². The van der Waals surface area contributed by atoms with Gasteiger partial charge in [0.05, 0.1) is 88.9 Å². The SMILES string of the molecule is Cc1ccc2c(c1)c1cc(C)ccc1n2-c1ccc(-c2c(C#N)c(-n3c4ccccc4c4ncccc43)c(-c3nc(-c4ccccc4)nc(-c4ccccc4)n3)c(-n3c4ccccc4c4ncccc43)c2-n2c3ccccc3c3ncccc32)cc1. The first-order chi connectivity index (χ1) is 42.5. The number of aromatic nitrogens is 10. The Balaban J connectivity index is 1.13. The molecule has 0 N–H and O–H groups in total. The van der Waals surface area contributed by atoms with Gasteiger partial charge in [-0.05, 0) is 110 Å². The van der Waals surface area contributed by atoms with E-state index in [1.165, 1.54) is 21.9 Å². The van der Waals surface area contributed by atoms with Gasteiger partial charge in [0.2, 0.25) is 0 Å². The molecule has 86 heavy (non-hydrogen) atoms. The van der Waals surface area contributed by atoms with Gasteiger partial charge in [0.1, 0.15) is 6.07 Å². The van der Waals surface area contributed by atoms with Gasteiger partial charge in [-0.2, -0.15) is 5.26 Å². The summed E-state index contributed by atoms with van der Waals surface area (Å²) in [5.74, 6) is 1.29. The van der Waals surface area contributed by atoms with E-state index < -0.39 is 0 Å². The van der Waals surface area contributed by atoms with Crippen molar-refractivity contribution in [1.29, 1.82) is 5.26 Å². The van der Waals surface area contributed by atoms with Crippen LogP contribution in [-0.2, 0) is 0 Å². The Labute approximate surface area is 492 Å². The van der Waals surface area contributed by atoms with Crippen molar-refractivity contribution in [3.8, 4) is 74.1 Å². The van der Waals surface area contributed by atoms with Crippen molar-refractivity contribution in [1.82, 2.24) is 48.2 Å². The van der Waals surface area contributed by atoms with E-state index in [0.29, 0.717) is 51.2 Å². The molecule has 17 rings (SSSR count). The lowest BCUT2D eigenvalue weighted by molar-refractivity contribution is 1.03. The van der Waals surface area contributed by atoms with E-state index >= 15 is 0 Å². The molecule has 0 spiro atoms. The molecular weight excluding hydrogens is 1050 g/mol. The Morgan fingerprint density at radius 2 is 0.698 bits per heavy atom. The molecule has 0 fully saturated rings. The highest BCUT2D eigenvalue weighted by Crippen LogP contribution is 2.52. The monoisotopic (exact) mass is 1100 g/mol. The lowest BCUT2D eigenvalue weighted by Crippen LogP contribution is -2.15. The number of hydrogen-bond acceptors (Lipinski definition) is 7. The van der Waals surface area contributed by atoms with E-state index in [1.807, 2.05) is 110 Å². The summed E-state index contributed by atoms with van der Waals surface area (Å²) < 4.78 is 9.20. The van der Waals surface area contributed by atoms with Gasteiger partial charge in [0.25, 0.3) is 0 Å². The van der Waals surface area contributed by atoms with Crippen molar-refractivity contribution in [2.24, 2.45) is 0 Å². The van der Waals surface area contributed by atoms with Crippen molar-refractivity contribution in [2.75, 3.05) is 0 Å². The number of fused-ring (bicyclic) bond motifs is 12. The number of para-hydroxylation sites is 3. The molecule has 9 aromatic carbocycles. The van der Waals surface area contributed by atoms with Gasteiger partial charge >= 0.3 is 0 Å². The number of nitriles is 1. The summed E-state index contributed by atoms with van der Waals surface area (Å²) in [7, 11) is 0. The zero-order chi connectivity index (χ0) is 57.1. The minimum absolute atomic E-state index is 0.350. The van der Waals surface area contributed by atoms with Crippen LogP contribution in [0, 0.1) is 25.2 Å². The highest BCUT2D eigenvalue weighted by atomic mass is 15.1. The third-order valence-corrected chi connectivity index (χ3v) is 16.9. The Morgan fingerprint density at radius 1 is 0.314 bits per heavy atom. The molecule has 8 heterocycles. The normalized spacial score (nSPS) is 11.8. The van der Waals surface area contributed by atoms with Crippen LogP contribution in [0.5, 0.6) is 0 Å².